The van der Waals surface area contributed by atoms with E-state index < -0.39 is 0 Å². The van der Waals surface area contributed by atoms with Crippen LogP contribution in [0, 0.1) is 0 Å². The summed E-state index contributed by atoms with van der Waals surface area (Å²) in [4.78, 5) is 36.0. The second-order valence-corrected chi connectivity index (χ2v) is 4.18. The van der Waals surface area contributed by atoms with Crippen LogP contribution in [0.25, 0.3) is 0 Å². The molecule has 1 fully saturated rings. The first-order chi connectivity index (χ1) is 9.16. The third-order valence-electron chi connectivity index (χ3n) is 2.80. The van der Waals surface area contributed by atoms with Gasteiger partial charge in [-0.25, -0.2) is 0 Å². The monoisotopic (exact) mass is 265 g/mol. The van der Waals surface area contributed by atoms with Gasteiger partial charge in [-0.1, -0.05) is 0 Å². The Morgan fingerprint density at radius 1 is 1.47 bits per heavy atom. The van der Waals surface area contributed by atoms with Crippen LogP contribution in [0.5, 0.6) is 0 Å². The third-order valence-corrected chi connectivity index (χ3v) is 2.80. The lowest BCUT2D eigenvalue weighted by atomic mass is 10.3. The van der Waals surface area contributed by atoms with E-state index in [-0.39, 0.29) is 37.2 Å². The van der Waals surface area contributed by atoms with Gasteiger partial charge in [0.15, 0.2) is 0 Å². The molecule has 1 aromatic rings. The van der Waals surface area contributed by atoms with Gasteiger partial charge >= 0.3 is 0 Å². The minimum absolute atomic E-state index is 0.0918. The van der Waals surface area contributed by atoms with Crippen LogP contribution in [0.4, 0.5) is 0 Å². The van der Waals surface area contributed by atoms with Crippen molar-refractivity contribution in [3.05, 3.63) is 24.2 Å². The quantitative estimate of drug-likeness (QED) is 0.757. The van der Waals surface area contributed by atoms with Crippen molar-refractivity contribution in [2.75, 3.05) is 26.2 Å². The molecule has 0 radical (unpaired) electrons. The number of rotatable bonds is 4. The molecule has 0 bridgehead atoms. The second-order valence-electron chi connectivity index (χ2n) is 4.18. The van der Waals surface area contributed by atoms with Crippen LogP contribution in [0.15, 0.2) is 23.0 Å². The summed E-state index contributed by atoms with van der Waals surface area (Å²) < 4.78 is 4.79. The predicted octanol–water partition coefficient (Wildman–Crippen LogP) is -0.642. The average Bonchev–Trinajstić information content (AvgIpc) is 2.92. The van der Waals surface area contributed by atoms with E-state index in [9.17, 15) is 14.4 Å². The molecule has 1 saturated heterocycles. The van der Waals surface area contributed by atoms with Gasteiger partial charge in [-0.2, -0.15) is 0 Å². The van der Waals surface area contributed by atoms with Crippen molar-refractivity contribution in [3.63, 3.8) is 0 Å². The van der Waals surface area contributed by atoms with E-state index in [2.05, 4.69) is 10.6 Å². The van der Waals surface area contributed by atoms with E-state index in [1.165, 1.54) is 17.4 Å². The lowest BCUT2D eigenvalue weighted by Gasteiger charge is -2.26. The normalized spacial score (nSPS) is 14.9. The van der Waals surface area contributed by atoms with Gasteiger partial charge < -0.3 is 20.0 Å². The first-order valence-corrected chi connectivity index (χ1v) is 6.01. The zero-order valence-electron chi connectivity index (χ0n) is 10.3. The number of amides is 3. The Balaban J connectivity index is 1.72. The molecule has 1 aliphatic rings. The minimum atomic E-state index is -0.280. The number of piperazine rings is 1. The fourth-order valence-corrected chi connectivity index (χ4v) is 1.79. The lowest BCUT2D eigenvalue weighted by Crippen LogP contribution is -2.50. The molecule has 2 rings (SSSR count). The lowest BCUT2D eigenvalue weighted by molar-refractivity contribution is -0.138. The summed E-state index contributed by atoms with van der Waals surface area (Å²) in [7, 11) is 0. The van der Waals surface area contributed by atoms with Gasteiger partial charge in [0, 0.05) is 26.1 Å². The maximum absolute atomic E-state index is 11.8. The Kier molecular flexibility index (Phi) is 4.17. The van der Waals surface area contributed by atoms with Crippen molar-refractivity contribution in [2.45, 2.75) is 6.42 Å². The zero-order chi connectivity index (χ0) is 13.7. The third kappa shape index (κ3) is 3.57. The molecule has 19 heavy (non-hydrogen) atoms. The number of carbonyl (C=O) groups excluding carboxylic acids is 3. The summed E-state index contributed by atoms with van der Waals surface area (Å²) in [6.07, 6.45) is 2.93. The number of nitrogens with one attached hydrogen (secondary N) is 2. The van der Waals surface area contributed by atoms with Crippen molar-refractivity contribution in [2.24, 2.45) is 0 Å². The van der Waals surface area contributed by atoms with Crippen LogP contribution >= 0.6 is 0 Å². The summed E-state index contributed by atoms with van der Waals surface area (Å²) in [5.74, 6) is -0.567. The molecule has 0 aliphatic carbocycles. The molecule has 7 heteroatoms. The molecule has 0 spiro atoms. The maximum atomic E-state index is 11.8. The van der Waals surface area contributed by atoms with Crippen LogP contribution in [0.2, 0.25) is 0 Å². The largest absolute Gasteiger partial charge is 0.472 e. The molecule has 1 aliphatic heterocycles. The fraction of sp³-hybridized carbons (Fsp3) is 0.417. The van der Waals surface area contributed by atoms with Gasteiger partial charge in [-0.3, -0.25) is 14.4 Å². The molecular formula is C12H15N3O4. The number of carbonyl (C=O) groups is 3. The van der Waals surface area contributed by atoms with E-state index in [0.29, 0.717) is 18.7 Å². The van der Waals surface area contributed by atoms with Crippen LogP contribution in [-0.4, -0.2) is 48.8 Å². The van der Waals surface area contributed by atoms with Crippen molar-refractivity contribution in [3.8, 4) is 0 Å². The van der Waals surface area contributed by atoms with E-state index in [0.717, 1.165) is 0 Å². The fourth-order valence-electron chi connectivity index (χ4n) is 1.79. The summed E-state index contributed by atoms with van der Waals surface area (Å²) in [5, 5.41) is 5.27. The molecule has 2 N–H and O–H groups in total. The predicted molar refractivity (Wildman–Crippen MR) is 65.2 cm³/mol. The van der Waals surface area contributed by atoms with Gasteiger partial charge in [-0.15, -0.1) is 0 Å². The first kappa shape index (κ1) is 13.1. The molecule has 1 aromatic heterocycles. The van der Waals surface area contributed by atoms with Gasteiger partial charge in [0.2, 0.25) is 11.8 Å². The van der Waals surface area contributed by atoms with Crippen LogP contribution < -0.4 is 10.6 Å². The second kappa shape index (κ2) is 6.03. The maximum Gasteiger partial charge on any atom is 0.254 e. The highest BCUT2D eigenvalue weighted by Crippen LogP contribution is 2.00. The summed E-state index contributed by atoms with van der Waals surface area (Å²) in [6, 6.07) is 1.55. The number of furan rings is 1. The van der Waals surface area contributed by atoms with Gasteiger partial charge in [-0.05, 0) is 6.07 Å². The topological polar surface area (TPSA) is 91.7 Å². The molecular weight excluding hydrogens is 250 g/mol. The Morgan fingerprint density at radius 2 is 2.32 bits per heavy atom. The Hall–Kier alpha value is -2.31. The molecule has 102 valence electrons. The van der Waals surface area contributed by atoms with E-state index >= 15 is 0 Å². The van der Waals surface area contributed by atoms with E-state index in [1.807, 2.05) is 0 Å². The Morgan fingerprint density at radius 3 is 3.00 bits per heavy atom. The van der Waals surface area contributed by atoms with Crippen molar-refractivity contribution < 1.29 is 18.8 Å². The zero-order valence-corrected chi connectivity index (χ0v) is 10.3. The standard InChI is InChI=1S/C12H15N3O4/c16-10-7-15(5-4-13-10)11(17)1-3-14-12(18)9-2-6-19-8-9/h2,6,8H,1,3-5,7H2,(H,13,16)(H,14,18). The SMILES string of the molecule is O=C1CN(C(=O)CCNC(=O)c2ccoc2)CCN1. The highest BCUT2D eigenvalue weighted by Gasteiger charge is 2.20. The molecule has 0 aromatic carbocycles. The number of hydrogen-bond donors (Lipinski definition) is 2. The van der Waals surface area contributed by atoms with E-state index in [1.54, 1.807) is 6.07 Å². The smallest absolute Gasteiger partial charge is 0.254 e. The van der Waals surface area contributed by atoms with Gasteiger partial charge in [0.05, 0.1) is 18.4 Å². The van der Waals surface area contributed by atoms with Crippen molar-refractivity contribution in [1.29, 1.82) is 0 Å². The van der Waals surface area contributed by atoms with Crippen molar-refractivity contribution >= 4 is 17.7 Å². The highest BCUT2D eigenvalue weighted by atomic mass is 16.3. The van der Waals surface area contributed by atoms with Gasteiger partial charge in [0.25, 0.3) is 5.91 Å². The van der Waals surface area contributed by atoms with Crippen LogP contribution in [0.3, 0.4) is 0 Å². The molecule has 0 saturated carbocycles. The number of hydrogen-bond acceptors (Lipinski definition) is 4. The Bertz CT molecular complexity index is 469. The first-order valence-electron chi connectivity index (χ1n) is 6.01. The molecule has 7 nitrogen and oxygen atoms in total. The molecule has 3 amide bonds. The molecule has 0 unspecified atom stereocenters. The molecule has 2 heterocycles. The highest BCUT2D eigenvalue weighted by molar-refractivity contribution is 5.94. The van der Waals surface area contributed by atoms with E-state index in [4.69, 9.17) is 4.42 Å². The van der Waals surface area contributed by atoms with Crippen LogP contribution in [0.1, 0.15) is 16.8 Å². The molecule has 0 atom stereocenters. The minimum Gasteiger partial charge on any atom is -0.472 e. The van der Waals surface area contributed by atoms with Crippen molar-refractivity contribution in [1.82, 2.24) is 15.5 Å². The van der Waals surface area contributed by atoms with Crippen LogP contribution in [-0.2, 0) is 9.59 Å². The van der Waals surface area contributed by atoms with Gasteiger partial charge in [0.1, 0.15) is 6.26 Å². The summed E-state index contributed by atoms with van der Waals surface area (Å²) in [5.41, 5.74) is 0.421. The Labute approximate surface area is 109 Å². The number of nitrogens with zero attached hydrogens (tertiary/aromatic N) is 1. The average molecular weight is 265 g/mol. The summed E-state index contributed by atoms with van der Waals surface area (Å²) in [6.45, 7) is 1.32. The summed E-state index contributed by atoms with van der Waals surface area (Å²) >= 11 is 0.